The Kier molecular flexibility index (Phi) is 5.83. The van der Waals surface area contributed by atoms with E-state index in [2.05, 4.69) is 52.0 Å². The molecule has 2 saturated carbocycles. The quantitative estimate of drug-likeness (QED) is 0.648. The summed E-state index contributed by atoms with van der Waals surface area (Å²) in [7, 11) is 0. The van der Waals surface area contributed by atoms with Crippen molar-refractivity contribution in [2.45, 2.75) is 58.5 Å². The van der Waals surface area contributed by atoms with Crippen molar-refractivity contribution in [3.63, 3.8) is 0 Å². The molecule has 0 N–H and O–H groups in total. The number of hydrogen-bond donors (Lipinski definition) is 0. The molecule has 31 heavy (non-hydrogen) atoms. The van der Waals surface area contributed by atoms with Crippen molar-refractivity contribution >= 4 is 5.91 Å². The highest BCUT2D eigenvalue weighted by atomic mass is 16.2. The second-order valence-electron chi connectivity index (χ2n) is 10.2. The van der Waals surface area contributed by atoms with E-state index in [0.717, 1.165) is 38.2 Å². The maximum absolute atomic E-state index is 13.4. The van der Waals surface area contributed by atoms with E-state index in [4.69, 9.17) is 0 Å². The van der Waals surface area contributed by atoms with Gasteiger partial charge >= 0.3 is 0 Å². The summed E-state index contributed by atoms with van der Waals surface area (Å²) in [5, 5.41) is 0. The van der Waals surface area contributed by atoms with Gasteiger partial charge in [0.05, 0.1) is 0 Å². The van der Waals surface area contributed by atoms with Crippen LogP contribution in [-0.4, -0.2) is 40.3 Å². The Morgan fingerprint density at radius 3 is 2.61 bits per heavy atom. The zero-order valence-electron chi connectivity index (χ0n) is 18.8. The van der Waals surface area contributed by atoms with Gasteiger partial charge in [-0.3, -0.25) is 14.7 Å². The molecule has 1 atom stereocenters. The third-order valence-corrected chi connectivity index (χ3v) is 8.09. The number of rotatable bonds is 7. The van der Waals surface area contributed by atoms with Crippen molar-refractivity contribution in [2.24, 2.45) is 17.3 Å². The van der Waals surface area contributed by atoms with Crippen LogP contribution in [0.15, 0.2) is 48.8 Å². The molecule has 0 unspecified atom stereocenters. The number of piperidine rings is 1. The van der Waals surface area contributed by atoms with E-state index < -0.39 is 0 Å². The van der Waals surface area contributed by atoms with Gasteiger partial charge in [0, 0.05) is 37.9 Å². The number of amides is 1. The molecule has 1 spiro atoms. The van der Waals surface area contributed by atoms with Gasteiger partial charge in [-0.2, -0.15) is 0 Å². The molecule has 2 heterocycles. The molecule has 2 aliphatic carbocycles. The van der Waals surface area contributed by atoms with Crippen molar-refractivity contribution in [1.29, 1.82) is 0 Å². The summed E-state index contributed by atoms with van der Waals surface area (Å²) in [5.74, 6) is 1.30. The number of nitrogens with zero attached hydrogens (tertiary/aromatic N) is 3. The summed E-state index contributed by atoms with van der Waals surface area (Å²) in [6.07, 6.45) is 11.1. The average molecular weight is 418 g/mol. The first kappa shape index (κ1) is 20.7. The van der Waals surface area contributed by atoms with Crippen LogP contribution in [0.2, 0.25) is 0 Å². The highest BCUT2D eigenvalue weighted by Crippen LogP contribution is 2.66. The Labute approximate surface area is 186 Å². The molecular weight excluding hydrogens is 382 g/mol. The molecule has 2 aromatic rings. The highest BCUT2D eigenvalue weighted by Gasteiger charge is 2.61. The third-order valence-electron chi connectivity index (χ3n) is 8.09. The fraction of sp³-hybridized carbons (Fsp3) is 0.556. The van der Waals surface area contributed by atoms with Crippen LogP contribution in [-0.2, 0) is 17.9 Å². The van der Waals surface area contributed by atoms with E-state index in [1.807, 2.05) is 18.5 Å². The lowest BCUT2D eigenvalue weighted by Crippen LogP contribution is -2.41. The van der Waals surface area contributed by atoms with Crippen LogP contribution < -0.4 is 0 Å². The predicted molar refractivity (Wildman–Crippen MR) is 123 cm³/mol. The number of pyridine rings is 1. The highest BCUT2D eigenvalue weighted by molar-refractivity contribution is 5.83. The van der Waals surface area contributed by atoms with Crippen molar-refractivity contribution in [3.05, 3.63) is 65.5 Å². The van der Waals surface area contributed by atoms with Crippen molar-refractivity contribution in [2.75, 3.05) is 19.6 Å². The molecule has 164 valence electrons. The van der Waals surface area contributed by atoms with E-state index in [1.54, 1.807) is 0 Å². The van der Waals surface area contributed by atoms with Crippen molar-refractivity contribution in [3.8, 4) is 0 Å². The topological polar surface area (TPSA) is 36.4 Å². The summed E-state index contributed by atoms with van der Waals surface area (Å²) < 4.78 is 0. The number of likely N-dealkylation sites (tertiary alicyclic amines) is 1. The van der Waals surface area contributed by atoms with E-state index >= 15 is 0 Å². The van der Waals surface area contributed by atoms with E-state index in [1.165, 1.54) is 43.2 Å². The van der Waals surface area contributed by atoms with Gasteiger partial charge in [-0.05, 0) is 86.2 Å². The predicted octanol–water partition coefficient (Wildman–Crippen LogP) is 4.82. The molecule has 3 fully saturated rings. The van der Waals surface area contributed by atoms with E-state index in [-0.39, 0.29) is 0 Å². The van der Waals surface area contributed by atoms with Gasteiger partial charge in [-0.25, -0.2) is 0 Å². The third kappa shape index (κ3) is 4.55. The Morgan fingerprint density at radius 1 is 1.16 bits per heavy atom. The van der Waals surface area contributed by atoms with Gasteiger partial charge in [-0.15, -0.1) is 0 Å². The molecule has 3 aliphatic rings. The van der Waals surface area contributed by atoms with Crippen LogP contribution in [0, 0.1) is 24.2 Å². The standard InChI is InChI=1S/C27H35N3O/c1-21-6-2-3-8-24(21)20-29-14-9-22(10-15-29)18-30(19-23-7-4-13-28-17-23)26(31)25-16-27(25)11-5-12-27/h2-4,6-8,13,17,22,25H,5,9-12,14-16,18-20H2,1H3/t25-/m0/s1. The van der Waals surface area contributed by atoms with Crippen LogP contribution in [0.3, 0.4) is 0 Å². The molecule has 1 aliphatic heterocycles. The number of hydrogen-bond acceptors (Lipinski definition) is 3. The van der Waals surface area contributed by atoms with Crippen molar-refractivity contribution < 1.29 is 4.79 Å². The number of aryl methyl sites for hydroxylation is 1. The Bertz CT molecular complexity index is 900. The zero-order chi connectivity index (χ0) is 21.3. The Morgan fingerprint density at radius 2 is 1.97 bits per heavy atom. The average Bonchev–Trinajstić information content (AvgIpc) is 3.53. The molecule has 4 nitrogen and oxygen atoms in total. The Balaban J connectivity index is 1.19. The summed E-state index contributed by atoms with van der Waals surface area (Å²) in [6, 6.07) is 12.8. The van der Waals surface area contributed by atoms with Gasteiger partial charge in [0.1, 0.15) is 0 Å². The van der Waals surface area contributed by atoms with Gasteiger partial charge in [0.15, 0.2) is 0 Å². The van der Waals surface area contributed by atoms with Crippen LogP contribution >= 0.6 is 0 Å². The van der Waals surface area contributed by atoms with E-state index in [0.29, 0.717) is 29.7 Å². The summed E-state index contributed by atoms with van der Waals surface area (Å²) in [6.45, 7) is 7.11. The van der Waals surface area contributed by atoms with Gasteiger partial charge < -0.3 is 4.90 Å². The Hall–Kier alpha value is -2.20. The number of carbonyl (C=O) groups is 1. The normalized spacial score (nSPS) is 22.8. The minimum atomic E-state index is 0.291. The molecule has 5 rings (SSSR count). The summed E-state index contributed by atoms with van der Waals surface area (Å²) in [4.78, 5) is 22.5. The van der Waals surface area contributed by atoms with Crippen LogP contribution in [0.25, 0.3) is 0 Å². The maximum Gasteiger partial charge on any atom is 0.226 e. The number of carbonyl (C=O) groups excluding carboxylic acids is 1. The molecule has 1 aromatic heterocycles. The first-order chi connectivity index (χ1) is 15.1. The number of benzene rings is 1. The van der Waals surface area contributed by atoms with Crippen LogP contribution in [0.4, 0.5) is 0 Å². The van der Waals surface area contributed by atoms with E-state index in [9.17, 15) is 4.79 Å². The second kappa shape index (κ2) is 8.74. The smallest absolute Gasteiger partial charge is 0.226 e. The summed E-state index contributed by atoms with van der Waals surface area (Å²) >= 11 is 0. The SMILES string of the molecule is Cc1ccccc1CN1CCC(CN(Cc2cccnc2)C(=O)[C@@H]2CC23CCC3)CC1. The minimum absolute atomic E-state index is 0.291. The molecule has 4 heteroatoms. The van der Waals surface area contributed by atoms with Crippen LogP contribution in [0.1, 0.15) is 55.2 Å². The fourth-order valence-electron chi connectivity index (χ4n) is 5.71. The molecule has 1 saturated heterocycles. The molecule has 1 amide bonds. The lowest BCUT2D eigenvalue weighted by atomic mass is 9.79. The largest absolute Gasteiger partial charge is 0.338 e. The maximum atomic E-state index is 13.4. The van der Waals surface area contributed by atoms with Gasteiger partial charge in [0.25, 0.3) is 0 Å². The summed E-state index contributed by atoms with van der Waals surface area (Å²) in [5.41, 5.74) is 4.36. The van der Waals surface area contributed by atoms with Gasteiger partial charge in [0.2, 0.25) is 5.91 Å². The van der Waals surface area contributed by atoms with Gasteiger partial charge in [-0.1, -0.05) is 36.8 Å². The molecule has 0 radical (unpaired) electrons. The zero-order valence-corrected chi connectivity index (χ0v) is 18.8. The number of aromatic nitrogens is 1. The molecular formula is C27H35N3O. The van der Waals surface area contributed by atoms with Crippen molar-refractivity contribution in [1.82, 2.24) is 14.8 Å². The van der Waals surface area contributed by atoms with Crippen LogP contribution in [0.5, 0.6) is 0 Å². The molecule has 0 bridgehead atoms. The first-order valence-corrected chi connectivity index (χ1v) is 12.1. The first-order valence-electron chi connectivity index (χ1n) is 12.1. The lowest BCUT2D eigenvalue weighted by molar-refractivity contribution is -0.135. The minimum Gasteiger partial charge on any atom is -0.338 e. The fourth-order valence-corrected chi connectivity index (χ4v) is 5.71. The monoisotopic (exact) mass is 417 g/mol. The molecule has 1 aromatic carbocycles. The lowest BCUT2D eigenvalue weighted by Gasteiger charge is -2.36. The second-order valence-corrected chi connectivity index (χ2v) is 10.2.